The largest absolute Gasteiger partial charge is 0.381 e. The summed E-state index contributed by atoms with van der Waals surface area (Å²) >= 11 is 5.86. The molecule has 0 amide bonds. The number of rotatable bonds is 3. The molecule has 2 rings (SSSR count). The molecule has 0 aliphatic rings. The van der Waals surface area contributed by atoms with Gasteiger partial charge in [0.15, 0.2) is 0 Å². The first kappa shape index (κ1) is 14.9. The highest BCUT2D eigenvalue weighted by Gasteiger charge is 2.07. The number of anilines is 1. The number of hydrogen-bond donors (Lipinski definition) is 1. The highest BCUT2D eigenvalue weighted by atomic mass is 35.5. The van der Waals surface area contributed by atoms with Gasteiger partial charge in [-0.05, 0) is 18.2 Å². The van der Waals surface area contributed by atoms with Crippen LogP contribution < -0.4 is 16.6 Å². The van der Waals surface area contributed by atoms with Gasteiger partial charge in [0.25, 0.3) is 5.56 Å². The minimum atomic E-state index is -0.373. The van der Waals surface area contributed by atoms with Gasteiger partial charge in [0, 0.05) is 32.5 Å². The minimum Gasteiger partial charge on any atom is -0.381 e. The van der Waals surface area contributed by atoms with Crippen LogP contribution in [0.25, 0.3) is 0 Å². The lowest BCUT2D eigenvalue weighted by Gasteiger charge is -2.09. The molecule has 0 fully saturated rings. The van der Waals surface area contributed by atoms with E-state index in [1.165, 1.54) is 17.8 Å². The van der Waals surface area contributed by atoms with Crippen LogP contribution in [0.4, 0.5) is 5.69 Å². The normalized spacial score (nSPS) is 10.2. The van der Waals surface area contributed by atoms with Crippen molar-refractivity contribution < 1.29 is 0 Å². The van der Waals surface area contributed by atoms with E-state index in [2.05, 4.69) is 5.32 Å². The molecule has 0 atom stereocenters. The Kier molecular flexibility index (Phi) is 4.15. The van der Waals surface area contributed by atoms with Gasteiger partial charge in [-0.3, -0.25) is 9.36 Å². The molecule has 1 aromatic heterocycles. The van der Waals surface area contributed by atoms with Crippen LogP contribution >= 0.6 is 11.6 Å². The number of nitriles is 1. The van der Waals surface area contributed by atoms with Crippen molar-refractivity contribution in [3.63, 3.8) is 0 Å². The molecule has 0 unspecified atom stereocenters. The minimum absolute atomic E-state index is 0.243. The second-order valence-electron chi connectivity index (χ2n) is 4.57. The summed E-state index contributed by atoms with van der Waals surface area (Å²) in [6.07, 6.45) is 1.50. The number of nitrogens with zero attached hydrogens (tertiary/aromatic N) is 3. The molecule has 0 aliphatic carbocycles. The predicted octanol–water partition coefficient (Wildman–Crippen LogP) is 1.22. The summed E-state index contributed by atoms with van der Waals surface area (Å²) in [5.41, 5.74) is 0.761. The maximum atomic E-state index is 12.0. The molecule has 0 radical (unpaired) electrons. The van der Waals surface area contributed by atoms with Crippen LogP contribution in [0.3, 0.4) is 0 Å². The quantitative estimate of drug-likeness (QED) is 0.924. The molecule has 7 heteroatoms. The van der Waals surface area contributed by atoms with Crippen molar-refractivity contribution in [1.82, 2.24) is 9.13 Å². The number of nitrogens with one attached hydrogen (secondary N) is 1. The molecular formula is C14H13ClN4O2. The fourth-order valence-electron chi connectivity index (χ4n) is 1.92. The number of halogens is 1. The average Bonchev–Trinajstić information content (AvgIpc) is 2.48. The third kappa shape index (κ3) is 2.98. The summed E-state index contributed by atoms with van der Waals surface area (Å²) in [5.74, 6) is 0. The molecule has 1 N–H and O–H groups in total. The van der Waals surface area contributed by atoms with E-state index in [-0.39, 0.29) is 17.8 Å². The van der Waals surface area contributed by atoms with Gasteiger partial charge in [-0.2, -0.15) is 5.26 Å². The van der Waals surface area contributed by atoms with E-state index in [1.54, 1.807) is 25.2 Å². The molecule has 21 heavy (non-hydrogen) atoms. The predicted molar refractivity (Wildman–Crippen MR) is 80.4 cm³/mol. The second kappa shape index (κ2) is 5.85. The van der Waals surface area contributed by atoms with Gasteiger partial charge in [-0.15, -0.1) is 0 Å². The molecule has 0 saturated heterocycles. The van der Waals surface area contributed by atoms with Gasteiger partial charge in [-0.25, -0.2) is 4.79 Å². The van der Waals surface area contributed by atoms with Crippen LogP contribution in [0, 0.1) is 11.3 Å². The van der Waals surface area contributed by atoms with Crippen molar-refractivity contribution in [3.05, 3.63) is 61.4 Å². The van der Waals surface area contributed by atoms with Gasteiger partial charge < -0.3 is 9.88 Å². The fraction of sp³-hybridized carbons (Fsp3) is 0.214. The van der Waals surface area contributed by atoms with E-state index >= 15 is 0 Å². The first-order chi connectivity index (χ1) is 9.93. The zero-order valence-corrected chi connectivity index (χ0v) is 12.3. The summed E-state index contributed by atoms with van der Waals surface area (Å²) in [7, 11) is 3.02. The second-order valence-corrected chi connectivity index (χ2v) is 4.98. The summed E-state index contributed by atoms with van der Waals surface area (Å²) in [6, 6.07) is 6.92. The maximum Gasteiger partial charge on any atom is 0.330 e. The summed E-state index contributed by atoms with van der Waals surface area (Å²) in [5, 5.41) is 12.3. The van der Waals surface area contributed by atoms with Crippen LogP contribution in [0.5, 0.6) is 0 Å². The summed E-state index contributed by atoms with van der Waals surface area (Å²) < 4.78 is 2.40. The van der Waals surface area contributed by atoms with E-state index in [9.17, 15) is 9.59 Å². The first-order valence-electron chi connectivity index (χ1n) is 6.13. The van der Waals surface area contributed by atoms with E-state index < -0.39 is 0 Å². The Labute approximate surface area is 125 Å². The molecule has 0 aliphatic heterocycles. The van der Waals surface area contributed by atoms with Crippen molar-refractivity contribution >= 4 is 17.3 Å². The molecule has 0 bridgehead atoms. The van der Waals surface area contributed by atoms with Gasteiger partial charge >= 0.3 is 5.69 Å². The Morgan fingerprint density at radius 1 is 1.33 bits per heavy atom. The number of aromatic nitrogens is 2. The molecule has 6 nitrogen and oxygen atoms in total. The van der Waals surface area contributed by atoms with Gasteiger partial charge in [-0.1, -0.05) is 11.6 Å². The fourth-order valence-corrected chi connectivity index (χ4v) is 2.08. The van der Waals surface area contributed by atoms with Gasteiger partial charge in [0.2, 0.25) is 0 Å². The third-order valence-corrected chi connectivity index (χ3v) is 3.42. The molecule has 1 heterocycles. The highest BCUT2D eigenvalue weighted by molar-refractivity contribution is 6.31. The van der Waals surface area contributed by atoms with Crippen LogP contribution in [0.15, 0.2) is 34.0 Å². The van der Waals surface area contributed by atoms with Crippen molar-refractivity contribution in [1.29, 1.82) is 5.26 Å². The molecule has 1 aromatic carbocycles. The summed E-state index contributed by atoms with van der Waals surface area (Å²) in [6.45, 7) is 0.243. The highest BCUT2D eigenvalue weighted by Crippen LogP contribution is 2.19. The van der Waals surface area contributed by atoms with E-state index in [1.807, 2.05) is 6.07 Å². The van der Waals surface area contributed by atoms with Crippen molar-refractivity contribution in [2.45, 2.75) is 6.54 Å². The van der Waals surface area contributed by atoms with Crippen molar-refractivity contribution in [2.75, 3.05) is 5.32 Å². The Balaban J connectivity index is 2.27. The van der Waals surface area contributed by atoms with Crippen LogP contribution in [0.1, 0.15) is 11.1 Å². The lowest BCUT2D eigenvalue weighted by molar-refractivity contribution is 0.671. The van der Waals surface area contributed by atoms with Crippen LogP contribution in [-0.2, 0) is 20.6 Å². The monoisotopic (exact) mass is 304 g/mol. The number of aryl methyl sites for hydroxylation is 1. The molecule has 0 saturated carbocycles. The van der Waals surface area contributed by atoms with Crippen LogP contribution in [-0.4, -0.2) is 9.13 Å². The van der Waals surface area contributed by atoms with Gasteiger partial charge in [0.05, 0.1) is 16.1 Å². The molecule has 2 aromatic rings. The zero-order valence-electron chi connectivity index (χ0n) is 11.6. The lowest BCUT2D eigenvalue weighted by Crippen LogP contribution is -2.38. The van der Waals surface area contributed by atoms with Crippen molar-refractivity contribution in [3.8, 4) is 6.07 Å². The Morgan fingerprint density at radius 3 is 2.71 bits per heavy atom. The standard InChI is InChI=1S/C14H13ClN4O2/c1-18-8-10(13(20)19(2)14(18)21)7-17-11-3-4-12(15)9(5-11)6-16/h3-5,8,17H,7H2,1-2H3. The Morgan fingerprint density at radius 2 is 2.05 bits per heavy atom. The summed E-state index contributed by atoms with van der Waals surface area (Å²) in [4.78, 5) is 23.6. The average molecular weight is 305 g/mol. The lowest BCUT2D eigenvalue weighted by atomic mass is 10.2. The smallest absolute Gasteiger partial charge is 0.330 e. The SMILES string of the molecule is Cn1cc(CNc2ccc(Cl)c(C#N)c2)c(=O)n(C)c1=O. The van der Waals surface area contributed by atoms with Crippen molar-refractivity contribution in [2.24, 2.45) is 14.1 Å². The maximum absolute atomic E-state index is 12.0. The Hall–Kier alpha value is -2.52. The van der Waals surface area contributed by atoms with E-state index in [4.69, 9.17) is 16.9 Å². The molecular weight excluding hydrogens is 292 g/mol. The first-order valence-corrected chi connectivity index (χ1v) is 6.51. The van der Waals surface area contributed by atoms with Crippen LogP contribution in [0.2, 0.25) is 5.02 Å². The number of hydrogen-bond acceptors (Lipinski definition) is 4. The Bertz CT molecular complexity index is 846. The number of benzene rings is 1. The molecule has 108 valence electrons. The third-order valence-electron chi connectivity index (χ3n) is 3.09. The molecule has 0 spiro atoms. The van der Waals surface area contributed by atoms with E-state index in [0.29, 0.717) is 21.8 Å². The topological polar surface area (TPSA) is 79.8 Å². The van der Waals surface area contributed by atoms with E-state index in [0.717, 1.165) is 4.57 Å². The zero-order chi connectivity index (χ0) is 15.6. The van der Waals surface area contributed by atoms with Gasteiger partial charge in [0.1, 0.15) is 6.07 Å².